The van der Waals surface area contributed by atoms with Crippen molar-refractivity contribution < 1.29 is 0 Å². The Morgan fingerprint density at radius 3 is 2.27 bits per heavy atom. The van der Waals surface area contributed by atoms with Crippen molar-refractivity contribution in [1.82, 2.24) is 0 Å². The number of hydrogen-bond donors (Lipinski definition) is 0. The molecule has 1 saturated carbocycles. The summed E-state index contributed by atoms with van der Waals surface area (Å²) in [7, 11) is 0. The maximum Gasteiger partial charge on any atom is 0.127 e. The monoisotopic (exact) mass is 230 g/mol. The average Bonchev–Trinajstić information content (AvgIpc) is 2.42. The summed E-state index contributed by atoms with van der Waals surface area (Å²) in [6.07, 6.45) is 7.79. The number of rotatable bonds is 1. The molecule has 0 heterocycles. The van der Waals surface area contributed by atoms with E-state index in [1.165, 1.54) is 12.8 Å². The summed E-state index contributed by atoms with van der Waals surface area (Å²) >= 11 is 3.91. The molecule has 2 bridgehead atoms. The maximum absolute atomic E-state index is 3.91. The second kappa shape index (κ2) is 2.46. The standard InChI is InChI=1S/C9H15BrSi/c1-11(2,10)9-6-7-3-4-8(9)5-7/h3-4,7-9H,5-6H2,1-2H3. The molecule has 0 radical (unpaired) electrons. The second-order valence-corrected chi connectivity index (χ2v) is 14.5. The molecule has 0 aliphatic heterocycles. The van der Waals surface area contributed by atoms with Gasteiger partial charge in [-0.15, -0.1) is 15.3 Å². The van der Waals surface area contributed by atoms with Crippen molar-refractivity contribution >= 4 is 22.0 Å². The predicted molar refractivity (Wildman–Crippen MR) is 55.5 cm³/mol. The Morgan fingerprint density at radius 1 is 1.27 bits per heavy atom. The van der Waals surface area contributed by atoms with Gasteiger partial charge in [0.1, 0.15) is 6.69 Å². The molecule has 0 aromatic heterocycles. The van der Waals surface area contributed by atoms with Crippen LogP contribution >= 0.6 is 15.3 Å². The molecule has 2 aliphatic carbocycles. The topological polar surface area (TPSA) is 0 Å². The van der Waals surface area contributed by atoms with Crippen molar-refractivity contribution in [2.75, 3.05) is 0 Å². The SMILES string of the molecule is C[Si](C)(Br)C1CC2C=CC1C2. The van der Waals surface area contributed by atoms with Crippen LogP contribution < -0.4 is 0 Å². The van der Waals surface area contributed by atoms with Crippen LogP contribution in [0.15, 0.2) is 12.2 Å². The third-order valence-electron chi connectivity index (χ3n) is 3.16. The summed E-state index contributed by atoms with van der Waals surface area (Å²) in [6.45, 7) is 3.86. The van der Waals surface area contributed by atoms with Crippen molar-refractivity contribution in [3.63, 3.8) is 0 Å². The molecule has 0 aromatic carbocycles. The molecule has 0 N–H and O–H groups in total. The summed E-state index contributed by atoms with van der Waals surface area (Å²) in [6, 6.07) is 0. The van der Waals surface area contributed by atoms with Crippen LogP contribution in [0.3, 0.4) is 0 Å². The lowest BCUT2D eigenvalue weighted by molar-refractivity contribution is 0.682. The fourth-order valence-electron chi connectivity index (χ4n) is 2.57. The van der Waals surface area contributed by atoms with Crippen molar-refractivity contribution in [3.05, 3.63) is 12.2 Å². The Hall–Kier alpha value is 0.437. The van der Waals surface area contributed by atoms with Crippen LogP contribution in [0.25, 0.3) is 0 Å². The zero-order valence-corrected chi connectivity index (χ0v) is 9.76. The zero-order chi connectivity index (χ0) is 8.06. The summed E-state index contributed by atoms with van der Waals surface area (Å²) in [5.41, 5.74) is 1.01. The van der Waals surface area contributed by atoms with Crippen LogP contribution in [0.4, 0.5) is 0 Å². The number of halogens is 1. The van der Waals surface area contributed by atoms with Gasteiger partial charge in [0.05, 0.1) is 0 Å². The first-order chi connectivity index (χ1) is 5.07. The molecule has 11 heavy (non-hydrogen) atoms. The van der Waals surface area contributed by atoms with E-state index in [9.17, 15) is 0 Å². The van der Waals surface area contributed by atoms with Crippen molar-refractivity contribution in [1.29, 1.82) is 0 Å². The second-order valence-electron chi connectivity index (χ2n) is 4.45. The van der Waals surface area contributed by atoms with Gasteiger partial charge in [0, 0.05) is 0 Å². The van der Waals surface area contributed by atoms with E-state index in [1.54, 1.807) is 0 Å². The van der Waals surface area contributed by atoms with Gasteiger partial charge in [-0.05, 0) is 30.2 Å². The summed E-state index contributed by atoms with van der Waals surface area (Å²) in [4.78, 5) is 0. The lowest BCUT2D eigenvalue weighted by atomic mass is 10.1. The van der Waals surface area contributed by atoms with Gasteiger partial charge in [-0.2, -0.15) is 0 Å². The highest BCUT2D eigenvalue weighted by atomic mass is 79.9. The van der Waals surface area contributed by atoms with Crippen LogP contribution in [0.2, 0.25) is 18.6 Å². The van der Waals surface area contributed by atoms with Crippen LogP contribution in [-0.4, -0.2) is 6.69 Å². The molecule has 2 aliphatic rings. The molecule has 1 fully saturated rings. The third kappa shape index (κ3) is 1.35. The maximum atomic E-state index is 3.91. The first-order valence-corrected chi connectivity index (χ1v) is 9.78. The fourth-order valence-corrected chi connectivity index (χ4v) is 6.28. The molecule has 2 rings (SSSR count). The van der Waals surface area contributed by atoms with Gasteiger partial charge >= 0.3 is 0 Å². The van der Waals surface area contributed by atoms with Gasteiger partial charge < -0.3 is 0 Å². The number of hydrogen-bond acceptors (Lipinski definition) is 0. The van der Waals surface area contributed by atoms with Crippen molar-refractivity contribution in [3.8, 4) is 0 Å². The minimum absolute atomic E-state index is 0.932. The Bertz CT molecular complexity index is 192. The molecule has 2 heteroatoms. The van der Waals surface area contributed by atoms with E-state index in [-0.39, 0.29) is 0 Å². The molecular weight excluding hydrogens is 216 g/mol. The molecule has 0 aromatic rings. The minimum atomic E-state index is -1.02. The molecule has 0 amide bonds. The van der Waals surface area contributed by atoms with E-state index in [0.717, 1.165) is 17.4 Å². The molecule has 3 atom stereocenters. The Labute approximate surface area is 77.7 Å². The predicted octanol–water partition coefficient (Wildman–Crippen LogP) is 3.55. The highest BCUT2D eigenvalue weighted by molar-refractivity contribution is 9.26. The van der Waals surface area contributed by atoms with Gasteiger partial charge in [-0.25, -0.2) is 0 Å². The summed E-state index contributed by atoms with van der Waals surface area (Å²) < 4.78 is 0. The summed E-state index contributed by atoms with van der Waals surface area (Å²) in [5.74, 6) is 1.87. The fraction of sp³-hybridized carbons (Fsp3) is 0.778. The van der Waals surface area contributed by atoms with Crippen molar-refractivity contribution in [2.24, 2.45) is 11.8 Å². The lowest BCUT2D eigenvalue weighted by Gasteiger charge is -2.28. The molecule has 0 saturated heterocycles. The molecule has 0 nitrogen and oxygen atoms in total. The lowest BCUT2D eigenvalue weighted by Crippen LogP contribution is -2.27. The first-order valence-electron chi connectivity index (χ1n) is 4.44. The van der Waals surface area contributed by atoms with Crippen LogP contribution in [0.1, 0.15) is 12.8 Å². The van der Waals surface area contributed by atoms with Crippen molar-refractivity contribution in [2.45, 2.75) is 31.5 Å². The molecule has 3 unspecified atom stereocenters. The smallest absolute Gasteiger partial charge is 0.126 e. The van der Waals surface area contributed by atoms with Gasteiger partial charge in [0.25, 0.3) is 0 Å². The Morgan fingerprint density at radius 2 is 2.00 bits per heavy atom. The highest BCUT2D eigenvalue weighted by Gasteiger charge is 2.43. The minimum Gasteiger partial charge on any atom is -0.126 e. The van der Waals surface area contributed by atoms with E-state index in [2.05, 4.69) is 40.5 Å². The van der Waals surface area contributed by atoms with E-state index < -0.39 is 6.69 Å². The zero-order valence-electron chi connectivity index (χ0n) is 7.18. The van der Waals surface area contributed by atoms with Gasteiger partial charge in [-0.3, -0.25) is 0 Å². The Balaban J connectivity index is 2.15. The quantitative estimate of drug-likeness (QED) is 0.368. The van der Waals surface area contributed by atoms with Crippen LogP contribution in [0, 0.1) is 11.8 Å². The van der Waals surface area contributed by atoms with Gasteiger partial charge in [0.15, 0.2) is 0 Å². The largest absolute Gasteiger partial charge is 0.127 e. The normalized spacial score (nSPS) is 41.9. The van der Waals surface area contributed by atoms with E-state index >= 15 is 0 Å². The summed E-state index contributed by atoms with van der Waals surface area (Å²) in [5, 5.41) is 0. The van der Waals surface area contributed by atoms with E-state index in [0.29, 0.717) is 0 Å². The first kappa shape index (κ1) is 8.05. The molecule has 62 valence electrons. The Kier molecular flexibility index (Phi) is 1.80. The number of allylic oxidation sites excluding steroid dienone is 2. The number of fused-ring (bicyclic) bond motifs is 2. The molecule has 0 spiro atoms. The average molecular weight is 231 g/mol. The van der Waals surface area contributed by atoms with Gasteiger partial charge in [-0.1, -0.05) is 25.2 Å². The van der Waals surface area contributed by atoms with E-state index in [1.807, 2.05) is 0 Å². The highest BCUT2D eigenvalue weighted by Crippen LogP contribution is 2.52. The van der Waals surface area contributed by atoms with Crippen LogP contribution in [-0.2, 0) is 0 Å². The third-order valence-corrected chi connectivity index (χ3v) is 7.35. The molecular formula is C9H15BrSi. The van der Waals surface area contributed by atoms with Crippen LogP contribution in [0.5, 0.6) is 0 Å². The van der Waals surface area contributed by atoms with Gasteiger partial charge in [0.2, 0.25) is 0 Å². The van der Waals surface area contributed by atoms with E-state index in [4.69, 9.17) is 0 Å².